The topological polar surface area (TPSA) is 89.3 Å². The summed E-state index contributed by atoms with van der Waals surface area (Å²) in [5, 5.41) is 14.6. The SMILES string of the molecule is COc1ccccc1Nc1nnc(S[C@H](C)C(=O)NCc2ccco2)s1. The number of nitrogens with zero attached hydrogens (tertiary/aromatic N) is 2. The van der Waals surface area contributed by atoms with Crippen molar-refractivity contribution in [2.75, 3.05) is 12.4 Å². The highest BCUT2D eigenvalue weighted by Crippen LogP contribution is 2.32. The van der Waals surface area contributed by atoms with Gasteiger partial charge in [-0.2, -0.15) is 0 Å². The molecule has 0 saturated carbocycles. The summed E-state index contributed by atoms with van der Waals surface area (Å²) < 4.78 is 11.2. The third-order valence-electron chi connectivity index (χ3n) is 3.42. The van der Waals surface area contributed by atoms with Gasteiger partial charge in [0.2, 0.25) is 11.0 Å². The molecular weight excluding hydrogens is 372 g/mol. The van der Waals surface area contributed by atoms with Crippen LogP contribution in [0, 0.1) is 0 Å². The molecule has 136 valence electrons. The predicted molar refractivity (Wildman–Crippen MR) is 102 cm³/mol. The number of furan rings is 1. The average molecular weight is 390 g/mol. The normalized spacial score (nSPS) is 11.8. The summed E-state index contributed by atoms with van der Waals surface area (Å²) in [5.41, 5.74) is 0.812. The van der Waals surface area contributed by atoms with E-state index in [9.17, 15) is 4.79 Å². The van der Waals surface area contributed by atoms with Crippen LogP contribution in [0.3, 0.4) is 0 Å². The van der Waals surface area contributed by atoms with Crippen LogP contribution in [0.15, 0.2) is 51.4 Å². The maximum atomic E-state index is 12.2. The Morgan fingerprint density at radius 2 is 2.15 bits per heavy atom. The van der Waals surface area contributed by atoms with E-state index >= 15 is 0 Å². The molecule has 0 bridgehead atoms. The number of nitrogens with one attached hydrogen (secondary N) is 2. The van der Waals surface area contributed by atoms with Crippen LogP contribution in [0.5, 0.6) is 5.75 Å². The summed E-state index contributed by atoms with van der Waals surface area (Å²) >= 11 is 2.75. The van der Waals surface area contributed by atoms with E-state index in [1.54, 1.807) is 19.4 Å². The van der Waals surface area contributed by atoms with Gasteiger partial charge in [-0.15, -0.1) is 10.2 Å². The van der Waals surface area contributed by atoms with E-state index in [-0.39, 0.29) is 11.2 Å². The molecule has 0 aliphatic carbocycles. The smallest absolute Gasteiger partial charge is 0.233 e. The highest BCUT2D eigenvalue weighted by Gasteiger charge is 2.17. The van der Waals surface area contributed by atoms with E-state index in [0.717, 1.165) is 17.2 Å². The molecular formula is C17H18N4O3S2. The first kappa shape index (κ1) is 18.3. The van der Waals surface area contributed by atoms with E-state index in [0.29, 0.717) is 16.0 Å². The summed E-state index contributed by atoms with van der Waals surface area (Å²) in [6, 6.07) is 11.2. The lowest BCUT2D eigenvalue weighted by molar-refractivity contribution is -0.120. The van der Waals surface area contributed by atoms with Gasteiger partial charge in [-0.05, 0) is 31.2 Å². The van der Waals surface area contributed by atoms with Gasteiger partial charge in [0, 0.05) is 0 Å². The zero-order valence-corrected chi connectivity index (χ0v) is 15.9. The summed E-state index contributed by atoms with van der Waals surface area (Å²) in [6.07, 6.45) is 1.58. The number of rotatable bonds is 8. The van der Waals surface area contributed by atoms with Crippen molar-refractivity contribution < 1.29 is 13.9 Å². The van der Waals surface area contributed by atoms with Crippen molar-refractivity contribution in [3.05, 3.63) is 48.4 Å². The molecule has 2 N–H and O–H groups in total. The Morgan fingerprint density at radius 3 is 2.92 bits per heavy atom. The number of benzene rings is 1. The van der Waals surface area contributed by atoms with Crippen molar-refractivity contribution in [3.63, 3.8) is 0 Å². The van der Waals surface area contributed by atoms with Gasteiger partial charge in [0.1, 0.15) is 11.5 Å². The number of ether oxygens (including phenoxy) is 1. The van der Waals surface area contributed by atoms with E-state index in [2.05, 4.69) is 20.8 Å². The van der Waals surface area contributed by atoms with E-state index < -0.39 is 0 Å². The minimum absolute atomic E-state index is 0.0826. The predicted octanol–water partition coefficient (Wildman–Crippen LogP) is 3.68. The maximum Gasteiger partial charge on any atom is 0.233 e. The zero-order valence-electron chi connectivity index (χ0n) is 14.3. The number of amides is 1. The van der Waals surface area contributed by atoms with Gasteiger partial charge in [-0.25, -0.2) is 0 Å². The van der Waals surface area contributed by atoms with Gasteiger partial charge < -0.3 is 19.8 Å². The van der Waals surface area contributed by atoms with Crippen LogP contribution >= 0.6 is 23.1 Å². The molecule has 26 heavy (non-hydrogen) atoms. The third-order valence-corrected chi connectivity index (χ3v) is 5.44. The van der Waals surface area contributed by atoms with Gasteiger partial charge in [0.25, 0.3) is 0 Å². The van der Waals surface area contributed by atoms with Gasteiger partial charge in [-0.1, -0.05) is 35.2 Å². The molecule has 3 rings (SSSR count). The lowest BCUT2D eigenvalue weighted by atomic mass is 10.3. The van der Waals surface area contributed by atoms with Crippen LogP contribution in [0.1, 0.15) is 12.7 Å². The minimum atomic E-state index is -0.294. The molecule has 3 aromatic rings. The van der Waals surface area contributed by atoms with Crippen molar-refractivity contribution >= 4 is 39.8 Å². The number of methoxy groups -OCH3 is 1. The second kappa shape index (κ2) is 8.72. The lowest BCUT2D eigenvalue weighted by Crippen LogP contribution is -2.30. The van der Waals surface area contributed by atoms with Crippen LogP contribution in [0.25, 0.3) is 0 Å². The van der Waals surface area contributed by atoms with Crippen LogP contribution in [-0.2, 0) is 11.3 Å². The number of carbonyl (C=O) groups excluding carboxylic acids is 1. The number of anilines is 2. The average Bonchev–Trinajstić information content (AvgIpc) is 3.32. The monoisotopic (exact) mass is 390 g/mol. The molecule has 0 spiro atoms. The highest BCUT2D eigenvalue weighted by molar-refractivity contribution is 8.02. The van der Waals surface area contributed by atoms with Crippen molar-refractivity contribution in [1.29, 1.82) is 0 Å². The lowest BCUT2D eigenvalue weighted by Gasteiger charge is -2.09. The molecule has 0 aliphatic rings. The number of carbonyl (C=O) groups is 1. The Morgan fingerprint density at radius 1 is 1.31 bits per heavy atom. The molecule has 2 aromatic heterocycles. The number of para-hydroxylation sites is 2. The summed E-state index contributed by atoms with van der Waals surface area (Å²) in [6.45, 7) is 2.20. The molecule has 1 atom stereocenters. The second-order valence-electron chi connectivity index (χ2n) is 5.26. The standard InChI is InChI=1S/C17H18N4O3S2/c1-11(15(22)18-10-12-6-5-9-24-12)25-17-21-20-16(26-17)19-13-7-3-4-8-14(13)23-2/h3-9,11H,10H2,1-2H3,(H,18,22)(H,19,20)/t11-/m1/s1. The van der Waals surface area contributed by atoms with E-state index in [1.807, 2.05) is 37.3 Å². The quantitative estimate of drug-likeness (QED) is 0.567. The Hall–Kier alpha value is -2.52. The van der Waals surface area contributed by atoms with Crippen molar-refractivity contribution in [3.8, 4) is 5.75 Å². The first-order valence-electron chi connectivity index (χ1n) is 7.86. The Kier molecular flexibility index (Phi) is 6.13. The van der Waals surface area contributed by atoms with Crippen molar-refractivity contribution in [2.24, 2.45) is 0 Å². The molecule has 1 amide bonds. The number of aromatic nitrogens is 2. The largest absolute Gasteiger partial charge is 0.495 e. The maximum absolute atomic E-state index is 12.2. The molecule has 1 aromatic carbocycles. The van der Waals surface area contributed by atoms with E-state index in [4.69, 9.17) is 9.15 Å². The highest BCUT2D eigenvalue weighted by atomic mass is 32.2. The summed E-state index contributed by atoms with van der Waals surface area (Å²) in [4.78, 5) is 12.2. The van der Waals surface area contributed by atoms with Crippen LogP contribution < -0.4 is 15.4 Å². The van der Waals surface area contributed by atoms with Crippen LogP contribution in [0.2, 0.25) is 0 Å². The first-order valence-corrected chi connectivity index (χ1v) is 9.55. The van der Waals surface area contributed by atoms with Crippen molar-refractivity contribution in [1.82, 2.24) is 15.5 Å². The Bertz CT molecular complexity index is 851. The summed E-state index contributed by atoms with van der Waals surface area (Å²) in [5.74, 6) is 1.36. The number of hydrogen-bond acceptors (Lipinski definition) is 8. The molecule has 7 nitrogen and oxygen atoms in total. The number of hydrogen-bond donors (Lipinski definition) is 2. The van der Waals surface area contributed by atoms with Crippen LogP contribution in [-0.4, -0.2) is 28.5 Å². The number of thioether (sulfide) groups is 1. The van der Waals surface area contributed by atoms with Gasteiger partial charge in [0.05, 0.1) is 30.9 Å². The van der Waals surface area contributed by atoms with Crippen LogP contribution in [0.4, 0.5) is 10.8 Å². The first-order chi connectivity index (χ1) is 12.7. The fourth-order valence-electron chi connectivity index (χ4n) is 2.11. The Labute approximate surface area is 159 Å². The van der Waals surface area contributed by atoms with E-state index in [1.165, 1.54) is 23.1 Å². The summed E-state index contributed by atoms with van der Waals surface area (Å²) in [7, 11) is 1.62. The molecule has 2 heterocycles. The molecule has 0 fully saturated rings. The Balaban J connectivity index is 1.55. The van der Waals surface area contributed by atoms with Crippen molar-refractivity contribution in [2.45, 2.75) is 23.1 Å². The molecule has 0 aliphatic heterocycles. The second-order valence-corrected chi connectivity index (χ2v) is 7.82. The van der Waals surface area contributed by atoms with Gasteiger partial charge in [0.15, 0.2) is 4.34 Å². The van der Waals surface area contributed by atoms with Gasteiger partial charge >= 0.3 is 0 Å². The molecule has 0 saturated heterocycles. The fourth-order valence-corrected chi connectivity index (χ4v) is 4.04. The minimum Gasteiger partial charge on any atom is -0.495 e. The fraction of sp³-hybridized carbons (Fsp3) is 0.235. The zero-order chi connectivity index (χ0) is 18.4. The third kappa shape index (κ3) is 4.77. The van der Waals surface area contributed by atoms with Gasteiger partial charge in [-0.3, -0.25) is 4.79 Å². The molecule has 9 heteroatoms. The molecule has 0 unspecified atom stereocenters. The molecule has 0 radical (unpaired) electrons.